The molecule has 1 aromatic rings. The number of rotatable bonds is 1. The van der Waals surface area contributed by atoms with Crippen molar-refractivity contribution >= 4 is 11.6 Å². The fourth-order valence-corrected chi connectivity index (χ4v) is 2.44. The fraction of sp³-hybridized carbons (Fsp3) is 0.429. The lowest BCUT2D eigenvalue weighted by molar-refractivity contribution is -0.138. The van der Waals surface area contributed by atoms with Gasteiger partial charge in [-0.1, -0.05) is 37.3 Å². The standard InChI is InChI=1S/C14H16O2/c1-9-8-12(11-6-4-3-5-7-11)14(16)10(2)13(9)15/h3-7,9-10,12H,8H2,1-2H3. The van der Waals surface area contributed by atoms with Crippen molar-refractivity contribution in [2.75, 3.05) is 0 Å². The second-order valence-electron chi connectivity index (χ2n) is 4.63. The van der Waals surface area contributed by atoms with Crippen LogP contribution in [-0.2, 0) is 9.59 Å². The first-order valence-corrected chi connectivity index (χ1v) is 5.73. The first-order chi connectivity index (χ1) is 7.61. The number of hydrogen-bond acceptors (Lipinski definition) is 2. The molecule has 1 saturated carbocycles. The molecule has 1 aliphatic rings. The van der Waals surface area contributed by atoms with Crippen molar-refractivity contribution in [1.29, 1.82) is 0 Å². The molecule has 0 aromatic heterocycles. The summed E-state index contributed by atoms with van der Waals surface area (Å²) in [7, 11) is 0. The first kappa shape index (κ1) is 11.1. The number of ketones is 2. The Labute approximate surface area is 95.7 Å². The lowest BCUT2D eigenvalue weighted by Crippen LogP contribution is -2.37. The van der Waals surface area contributed by atoms with Gasteiger partial charge in [0, 0.05) is 11.8 Å². The van der Waals surface area contributed by atoms with E-state index in [1.54, 1.807) is 6.92 Å². The lowest BCUT2D eigenvalue weighted by Gasteiger charge is -2.29. The largest absolute Gasteiger partial charge is 0.299 e. The van der Waals surface area contributed by atoms with Crippen LogP contribution in [0.5, 0.6) is 0 Å². The third kappa shape index (κ3) is 1.80. The molecule has 0 spiro atoms. The molecule has 2 nitrogen and oxygen atoms in total. The fourth-order valence-electron chi connectivity index (χ4n) is 2.44. The van der Waals surface area contributed by atoms with Crippen molar-refractivity contribution in [3.8, 4) is 0 Å². The van der Waals surface area contributed by atoms with Crippen LogP contribution in [0.25, 0.3) is 0 Å². The Kier molecular flexibility index (Phi) is 2.90. The second-order valence-corrected chi connectivity index (χ2v) is 4.63. The van der Waals surface area contributed by atoms with E-state index >= 15 is 0 Å². The summed E-state index contributed by atoms with van der Waals surface area (Å²) in [4.78, 5) is 23.8. The van der Waals surface area contributed by atoms with E-state index in [0.29, 0.717) is 6.42 Å². The Balaban J connectivity index is 2.30. The van der Waals surface area contributed by atoms with Crippen LogP contribution in [0.2, 0.25) is 0 Å². The summed E-state index contributed by atoms with van der Waals surface area (Å²) in [5.74, 6) is -0.359. The average Bonchev–Trinajstić information content (AvgIpc) is 2.32. The van der Waals surface area contributed by atoms with Gasteiger partial charge in [-0.2, -0.15) is 0 Å². The normalized spacial score (nSPS) is 30.5. The molecule has 0 radical (unpaired) electrons. The number of carbonyl (C=O) groups excluding carboxylic acids is 2. The third-order valence-corrected chi connectivity index (χ3v) is 3.47. The predicted molar refractivity (Wildman–Crippen MR) is 62.1 cm³/mol. The van der Waals surface area contributed by atoms with Gasteiger partial charge >= 0.3 is 0 Å². The van der Waals surface area contributed by atoms with Crippen LogP contribution in [0.3, 0.4) is 0 Å². The predicted octanol–water partition coefficient (Wildman–Crippen LogP) is 2.58. The highest BCUT2D eigenvalue weighted by molar-refractivity contribution is 6.07. The van der Waals surface area contributed by atoms with Crippen LogP contribution >= 0.6 is 0 Å². The van der Waals surface area contributed by atoms with E-state index in [2.05, 4.69) is 0 Å². The van der Waals surface area contributed by atoms with Gasteiger partial charge in [0.15, 0.2) is 5.78 Å². The second kappa shape index (κ2) is 4.20. The summed E-state index contributed by atoms with van der Waals surface area (Å²) in [5.41, 5.74) is 1.04. The van der Waals surface area contributed by atoms with Gasteiger partial charge in [-0.3, -0.25) is 9.59 Å². The Bertz CT molecular complexity index is 408. The van der Waals surface area contributed by atoms with Gasteiger partial charge in [0.05, 0.1) is 5.92 Å². The maximum absolute atomic E-state index is 12.1. The molecule has 0 aliphatic heterocycles. The first-order valence-electron chi connectivity index (χ1n) is 5.73. The highest BCUT2D eigenvalue weighted by Gasteiger charge is 2.38. The topological polar surface area (TPSA) is 34.1 Å². The molecular weight excluding hydrogens is 200 g/mol. The number of carbonyl (C=O) groups is 2. The minimum atomic E-state index is -0.436. The van der Waals surface area contributed by atoms with Crippen molar-refractivity contribution in [2.24, 2.45) is 11.8 Å². The minimum Gasteiger partial charge on any atom is -0.299 e. The quantitative estimate of drug-likeness (QED) is 0.676. The van der Waals surface area contributed by atoms with Crippen LogP contribution in [0.4, 0.5) is 0 Å². The van der Waals surface area contributed by atoms with Gasteiger partial charge in [-0.25, -0.2) is 0 Å². The van der Waals surface area contributed by atoms with E-state index in [1.807, 2.05) is 37.3 Å². The molecule has 0 heterocycles. The highest BCUT2D eigenvalue weighted by atomic mass is 16.2. The molecule has 3 unspecified atom stereocenters. The van der Waals surface area contributed by atoms with Crippen molar-refractivity contribution in [2.45, 2.75) is 26.2 Å². The summed E-state index contributed by atoms with van der Waals surface area (Å²) >= 11 is 0. The molecule has 2 heteroatoms. The molecule has 1 fully saturated rings. The van der Waals surface area contributed by atoms with Crippen molar-refractivity contribution in [3.63, 3.8) is 0 Å². The van der Waals surface area contributed by atoms with Crippen LogP contribution in [0.15, 0.2) is 30.3 Å². The zero-order valence-electron chi connectivity index (χ0n) is 9.64. The molecule has 2 rings (SSSR count). The van der Waals surface area contributed by atoms with Gasteiger partial charge in [-0.15, -0.1) is 0 Å². The van der Waals surface area contributed by atoms with Crippen LogP contribution in [0, 0.1) is 11.8 Å². The molecule has 0 amide bonds. The lowest BCUT2D eigenvalue weighted by atomic mass is 9.72. The van der Waals surface area contributed by atoms with Crippen LogP contribution < -0.4 is 0 Å². The van der Waals surface area contributed by atoms with Gasteiger partial charge < -0.3 is 0 Å². The van der Waals surface area contributed by atoms with Crippen molar-refractivity contribution in [1.82, 2.24) is 0 Å². The smallest absolute Gasteiger partial charge is 0.150 e. The van der Waals surface area contributed by atoms with E-state index in [4.69, 9.17) is 0 Å². The molecule has 0 saturated heterocycles. The summed E-state index contributed by atoms with van der Waals surface area (Å²) in [6, 6.07) is 9.76. The van der Waals surface area contributed by atoms with Gasteiger partial charge in [0.25, 0.3) is 0 Å². The van der Waals surface area contributed by atoms with Gasteiger partial charge in [-0.05, 0) is 18.9 Å². The van der Waals surface area contributed by atoms with Crippen molar-refractivity contribution in [3.05, 3.63) is 35.9 Å². The zero-order chi connectivity index (χ0) is 11.7. The molecule has 0 N–H and O–H groups in total. The Hall–Kier alpha value is -1.44. The molecule has 1 aliphatic carbocycles. The maximum atomic E-state index is 12.1. The number of Topliss-reactive ketones (excluding diaryl/α,β-unsaturated/α-hetero) is 2. The maximum Gasteiger partial charge on any atom is 0.150 e. The van der Waals surface area contributed by atoms with E-state index in [0.717, 1.165) is 5.56 Å². The SMILES string of the molecule is CC1CC(c2ccccc2)C(=O)C(C)C1=O. The van der Waals surface area contributed by atoms with E-state index in [1.165, 1.54) is 0 Å². The molecule has 16 heavy (non-hydrogen) atoms. The minimum absolute atomic E-state index is 0.00194. The average molecular weight is 216 g/mol. The summed E-state index contributed by atoms with van der Waals surface area (Å²) in [5, 5.41) is 0. The highest BCUT2D eigenvalue weighted by Crippen LogP contribution is 2.34. The number of benzene rings is 1. The van der Waals surface area contributed by atoms with Crippen LogP contribution in [-0.4, -0.2) is 11.6 Å². The molecule has 0 bridgehead atoms. The number of hydrogen-bond donors (Lipinski definition) is 0. The molecular formula is C14H16O2. The third-order valence-electron chi connectivity index (χ3n) is 3.47. The van der Waals surface area contributed by atoms with Crippen molar-refractivity contribution < 1.29 is 9.59 Å². The van der Waals surface area contributed by atoms with E-state index < -0.39 is 5.92 Å². The monoisotopic (exact) mass is 216 g/mol. The molecule has 84 valence electrons. The van der Waals surface area contributed by atoms with Gasteiger partial charge in [0.1, 0.15) is 5.78 Å². The summed E-state index contributed by atoms with van der Waals surface area (Å²) in [6.45, 7) is 3.65. The molecule has 1 aromatic carbocycles. The molecule has 3 atom stereocenters. The van der Waals surface area contributed by atoms with Gasteiger partial charge in [0.2, 0.25) is 0 Å². The summed E-state index contributed by atoms with van der Waals surface area (Å²) in [6.07, 6.45) is 0.659. The van der Waals surface area contributed by atoms with E-state index in [-0.39, 0.29) is 23.4 Å². The Morgan fingerprint density at radius 3 is 2.25 bits per heavy atom. The van der Waals surface area contributed by atoms with Crippen LogP contribution in [0.1, 0.15) is 31.7 Å². The summed E-state index contributed by atoms with van der Waals surface area (Å²) < 4.78 is 0. The van der Waals surface area contributed by atoms with E-state index in [9.17, 15) is 9.59 Å². The Morgan fingerprint density at radius 2 is 1.62 bits per heavy atom. The zero-order valence-corrected chi connectivity index (χ0v) is 9.64. The Morgan fingerprint density at radius 1 is 1.00 bits per heavy atom.